The number of hydrogen-bond acceptors (Lipinski definition) is 4. The van der Waals surface area contributed by atoms with Gasteiger partial charge in [0, 0.05) is 0 Å². The van der Waals surface area contributed by atoms with Crippen LogP contribution in [0.3, 0.4) is 0 Å². The lowest BCUT2D eigenvalue weighted by Gasteiger charge is -2.34. The van der Waals surface area contributed by atoms with Gasteiger partial charge in [-0.2, -0.15) is 0 Å². The van der Waals surface area contributed by atoms with Crippen LogP contribution in [0, 0.1) is 0 Å². The molecule has 0 amide bonds. The van der Waals surface area contributed by atoms with Crippen molar-refractivity contribution in [2.75, 3.05) is 66.3 Å². The number of unbranched alkanes of at least 4 members (excludes halogenated alkanes) is 12. The van der Waals surface area contributed by atoms with Crippen LogP contribution in [-0.4, -0.2) is 81.0 Å². The molecule has 32 heavy (non-hydrogen) atoms. The zero-order chi connectivity index (χ0) is 23.6. The number of likely N-dealkylation sites (N-methyl/N-ethyl adjacent to an activating group) is 1. The maximum Gasteiger partial charge on any atom is 0.102 e. The van der Waals surface area contributed by atoms with Gasteiger partial charge in [-0.1, -0.05) is 70.4 Å². The van der Waals surface area contributed by atoms with Crippen LogP contribution in [0.5, 0.6) is 0 Å². The minimum atomic E-state index is 0.0816. The fourth-order valence-corrected chi connectivity index (χ4v) is 3.98. The molecular weight excluding hydrogens is 402 g/mol. The van der Waals surface area contributed by atoms with Gasteiger partial charge in [0.15, 0.2) is 0 Å². The lowest BCUT2D eigenvalue weighted by Crippen LogP contribution is -2.49. The van der Waals surface area contributed by atoms with Gasteiger partial charge in [-0.3, -0.25) is 0 Å². The number of allylic oxidation sites excluding steroid dienone is 2. The molecule has 0 bridgehead atoms. The van der Waals surface area contributed by atoms with E-state index in [2.05, 4.69) is 26.1 Å². The Kier molecular flexibility index (Phi) is 24.8. The summed E-state index contributed by atoms with van der Waals surface area (Å²) in [7, 11) is 2.27. The van der Waals surface area contributed by atoms with E-state index in [1.165, 1.54) is 89.9 Å². The van der Waals surface area contributed by atoms with Gasteiger partial charge in [-0.15, -0.1) is 0 Å². The Bertz CT molecular complexity index is 378. The van der Waals surface area contributed by atoms with Crippen LogP contribution in [0.25, 0.3) is 0 Å². The van der Waals surface area contributed by atoms with Crippen LogP contribution in [-0.2, 0) is 9.47 Å². The number of ether oxygens (including phenoxy) is 2. The number of aliphatic hydroxyl groups is 2. The zero-order valence-electron chi connectivity index (χ0n) is 21.6. The first kappa shape index (κ1) is 31.5. The molecule has 0 saturated heterocycles. The summed E-state index contributed by atoms with van der Waals surface area (Å²) in [5, 5.41) is 17.8. The molecule has 0 aromatic heterocycles. The second-order valence-corrected chi connectivity index (χ2v) is 9.40. The van der Waals surface area contributed by atoms with Crippen molar-refractivity contribution in [2.24, 2.45) is 0 Å². The third-order valence-corrected chi connectivity index (χ3v) is 6.23. The highest BCUT2D eigenvalue weighted by Crippen LogP contribution is 2.12. The van der Waals surface area contributed by atoms with Gasteiger partial charge in [0.05, 0.1) is 53.2 Å². The van der Waals surface area contributed by atoms with E-state index in [9.17, 15) is 0 Å². The smallest absolute Gasteiger partial charge is 0.102 e. The number of quaternary nitrogens is 1. The lowest BCUT2D eigenvalue weighted by atomic mass is 10.1. The van der Waals surface area contributed by atoms with Crippen LogP contribution in [0.15, 0.2) is 12.2 Å². The van der Waals surface area contributed by atoms with Crippen LogP contribution in [0.2, 0.25) is 0 Å². The van der Waals surface area contributed by atoms with Crippen molar-refractivity contribution < 1.29 is 24.2 Å². The average Bonchev–Trinajstić information content (AvgIpc) is 2.79. The molecule has 0 fully saturated rings. The molecule has 5 nitrogen and oxygen atoms in total. The van der Waals surface area contributed by atoms with Crippen LogP contribution < -0.4 is 0 Å². The van der Waals surface area contributed by atoms with Gasteiger partial charge in [-0.05, 0) is 38.5 Å². The maximum atomic E-state index is 8.88. The van der Waals surface area contributed by atoms with E-state index < -0.39 is 0 Å². The largest absolute Gasteiger partial charge is 0.394 e. The number of hydrogen-bond donors (Lipinski definition) is 2. The summed E-state index contributed by atoms with van der Waals surface area (Å²) >= 11 is 0. The molecule has 0 atom stereocenters. The van der Waals surface area contributed by atoms with E-state index in [-0.39, 0.29) is 13.2 Å². The quantitative estimate of drug-likeness (QED) is 0.102. The SMILES string of the molecule is CCCCCCCCC=CCCCCCCCC[N+](C)(CCOCCO)CCOCCO. The molecule has 0 saturated carbocycles. The maximum absolute atomic E-state index is 8.88. The van der Waals surface area contributed by atoms with E-state index in [1.54, 1.807) is 0 Å². The number of aliphatic hydroxyl groups excluding tert-OH is 2. The van der Waals surface area contributed by atoms with Crippen molar-refractivity contribution in [2.45, 2.75) is 96.8 Å². The molecule has 0 heterocycles. The molecule has 2 N–H and O–H groups in total. The Morgan fingerprint density at radius 2 is 1.00 bits per heavy atom. The summed E-state index contributed by atoms with van der Waals surface area (Å²) in [6.45, 7) is 7.61. The van der Waals surface area contributed by atoms with Crippen molar-refractivity contribution in [1.82, 2.24) is 0 Å². The first-order valence-electron chi connectivity index (χ1n) is 13.5. The third-order valence-electron chi connectivity index (χ3n) is 6.23. The van der Waals surface area contributed by atoms with Gasteiger partial charge >= 0.3 is 0 Å². The molecular formula is C27H56NO4+. The predicted octanol–water partition coefficient (Wildman–Crippen LogP) is 5.49. The summed E-state index contributed by atoms with van der Waals surface area (Å²) in [5.74, 6) is 0. The van der Waals surface area contributed by atoms with E-state index in [0.717, 1.165) is 24.1 Å². The normalized spacial score (nSPS) is 12.2. The Balaban J connectivity index is 3.70. The van der Waals surface area contributed by atoms with Crippen LogP contribution in [0.1, 0.15) is 96.8 Å². The molecule has 0 aromatic rings. The van der Waals surface area contributed by atoms with E-state index in [1.807, 2.05) is 0 Å². The third kappa shape index (κ3) is 22.7. The Morgan fingerprint density at radius 1 is 0.562 bits per heavy atom. The Morgan fingerprint density at radius 3 is 1.47 bits per heavy atom. The van der Waals surface area contributed by atoms with Crippen molar-refractivity contribution in [3.05, 3.63) is 12.2 Å². The topological polar surface area (TPSA) is 58.9 Å². The summed E-state index contributed by atoms with van der Waals surface area (Å²) in [6, 6.07) is 0. The lowest BCUT2D eigenvalue weighted by molar-refractivity contribution is -0.910. The van der Waals surface area contributed by atoms with Crippen molar-refractivity contribution in [1.29, 1.82) is 0 Å². The molecule has 0 radical (unpaired) electrons. The molecule has 0 aliphatic carbocycles. The minimum Gasteiger partial charge on any atom is -0.394 e. The second-order valence-electron chi connectivity index (χ2n) is 9.40. The van der Waals surface area contributed by atoms with Crippen molar-refractivity contribution in [3.63, 3.8) is 0 Å². The zero-order valence-corrected chi connectivity index (χ0v) is 21.6. The van der Waals surface area contributed by atoms with Crippen molar-refractivity contribution >= 4 is 0 Å². The molecule has 0 aliphatic heterocycles. The first-order chi connectivity index (χ1) is 15.7. The molecule has 0 unspecified atom stereocenters. The van der Waals surface area contributed by atoms with Gasteiger partial charge in [0.25, 0.3) is 0 Å². The highest BCUT2D eigenvalue weighted by Gasteiger charge is 2.20. The highest BCUT2D eigenvalue weighted by molar-refractivity contribution is 4.81. The predicted molar refractivity (Wildman–Crippen MR) is 136 cm³/mol. The van der Waals surface area contributed by atoms with E-state index in [4.69, 9.17) is 19.7 Å². The van der Waals surface area contributed by atoms with Gasteiger partial charge < -0.3 is 24.2 Å². The van der Waals surface area contributed by atoms with Crippen molar-refractivity contribution in [3.8, 4) is 0 Å². The van der Waals surface area contributed by atoms with Crippen LogP contribution in [0.4, 0.5) is 0 Å². The molecule has 5 heteroatoms. The minimum absolute atomic E-state index is 0.0816. The number of rotatable bonds is 26. The average molecular weight is 459 g/mol. The molecule has 0 aliphatic rings. The fraction of sp³-hybridized carbons (Fsp3) is 0.926. The van der Waals surface area contributed by atoms with Gasteiger partial charge in [0.2, 0.25) is 0 Å². The fourth-order valence-electron chi connectivity index (χ4n) is 3.98. The Hall–Kier alpha value is -0.460. The monoisotopic (exact) mass is 458 g/mol. The molecule has 0 spiro atoms. The molecule has 0 rings (SSSR count). The molecule has 192 valence electrons. The summed E-state index contributed by atoms with van der Waals surface area (Å²) in [6.07, 6.45) is 23.5. The van der Waals surface area contributed by atoms with Gasteiger partial charge in [-0.25, -0.2) is 0 Å². The summed E-state index contributed by atoms with van der Waals surface area (Å²) in [4.78, 5) is 0. The standard InChI is InChI=1S/C27H56NO4/c1-3-4-5-6-7-8-9-10-11-12-13-14-15-16-17-18-19-28(2,20-24-31-26-22-29)21-25-32-27-23-30/h10-11,29-30H,3-9,12-27H2,1-2H3/q+1. The van der Waals surface area contributed by atoms with E-state index in [0.29, 0.717) is 26.4 Å². The van der Waals surface area contributed by atoms with Gasteiger partial charge in [0.1, 0.15) is 13.1 Å². The Labute approximate surface area is 199 Å². The van der Waals surface area contributed by atoms with E-state index >= 15 is 0 Å². The number of nitrogens with zero attached hydrogens (tertiary/aromatic N) is 1. The first-order valence-corrected chi connectivity index (χ1v) is 13.5. The summed E-state index contributed by atoms with van der Waals surface area (Å²) < 4.78 is 11.9. The molecule has 0 aromatic carbocycles. The van der Waals surface area contributed by atoms with Crippen LogP contribution >= 0.6 is 0 Å². The highest BCUT2D eigenvalue weighted by atomic mass is 16.5. The second kappa shape index (κ2) is 25.2. The summed E-state index contributed by atoms with van der Waals surface area (Å²) in [5.41, 5.74) is 0.